The molecule has 0 saturated heterocycles. The number of benzene rings is 2. The quantitative estimate of drug-likeness (QED) is 0.280. The Morgan fingerprint density at radius 2 is 1.90 bits per heavy atom. The van der Waals surface area contributed by atoms with E-state index in [2.05, 4.69) is 5.32 Å². The number of allylic oxidation sites excluding steroid dienone is 1. The van der Waals surface area contributed by atoms with E-state index < -0.39 is 0 Å². The number of amides is 1. The lowest BCUT2D eigenvalue weighted by Crippen LogP contribution is -2.36. The van der Waals surface area contributed by atoms with Crippen molar-refractivity contribution >= 4 is 23.4 Å². The van der Waals surface area contributed by atoms with E-state index in [1.54, 1.807) is 24.3 Å². The Labute approximate surface area is 181 Å². The third kappa shape index (κ3) is 7.02. The average molecular weight is 417 g/mol. The van der Waals surface area contributed by atoms with Crippen LogP contribution >= 0.6 is 0 Å². The summed E-state index contributed by atoms with van der Waals surface area (Å²) >= 11 is 0. The molecule has 0 heterocycles. The zero-order valence-electron chi connectivity index (χ0n) is 18.1. The fourth-order valence-electron chi connectivity index (χ4n) is 2.68. The lowest BCUT2D eigenvalue weighted by Gasteiger charge is -2.18. The Morgan fingerprint density at radius 1 is 1.23 bits per heavy atom. The van der Waals surface area contributed by atoms with E-state index >= 15 is 0 Å². The molecule has 0 radical (unpaired) electrons. The maximum absolute atomic E-state index is 12.7. The van der Waals surface area contributed by atoms with Crippen molar-refractivity contribution in [2.75, 3.05) is 26.2 Å². The highest BCUT2D eigenvalue weighted by Crippen LogP contribution is 2.30. The summed E-state index contributed by atoms with van der Waals surface area (Å²) in [6.07, 6.45) is 3.43. The third-order valence-corrected chi connectivity index (χ3v) is 4.01. The molecule has 2 aromatic rings. The van der Waals surface area contributed by atoms with Gasteiger partial charge < -0.3 is 31.7 Å². The molecular weight excluding hydrogens is 380 g/mol. The number of carbonyl (C=O) groups excluding carboxylic acids is 1. The van der Waals surface area contributed by atoms with Gasteiger partial charge >= 0.3 is 0 Å². The van der Waals surface area contributed by atoms with Crippen LogP contribution in [0, 0.1) is 5.41 Å². The minimum Gasteiger partial charge on any atom is -0.495 e. The number of hydrogen-bond donors (Lipinski definition) is 4. The number of ether oxygens (including phenoxy) is 2. The van der Waals surface area contributed by atoms with Crippen LogP contribution in [0.1, 0.15) is 45.1 Å². The van der Waals surface area contributed by atoms with Gasteiger partial charge in [0.25, 0.3) is 5.91 Å². The standard InChI is InChI=1S/C21H26N4O3.C2H6.2H2/c1-14(12-28-13-22)25-21(26)16-9-11-18(24)19(20(16)27-2)17(23)10-8-15-6-4-3-5-7-15;1-2;;/h3-11,14,23H,12-13,22,24H2,1-2H3,(H,25,26);1-2H3;2*1H/b10-8+,23-17?;;;/t14-;;;/m0.../s1. The van der Waals surface area contributed by atoms with E-state index in [9.17, 15) is 4.79 Å². The number of anilines is 1. The predicted molar refractivity (Wildman–Crippen MR) is 127 cm³/mol. The van der Waals surface area contributed by atoms with Gasteiger partial charge in [-0.15, -0.1) is 0 Å². The van der Waals surface area contributed by atoms with E-state index in [1.807, 2.05) is 51.1 Å². The van der Waals surface area contributed by atoms with Crippen molar-refractivity contribution in [3.05, 3.63) is 65.2 Å². The van der Waals surface area contributed by atoms with Gasteiger partial charge in [-0.05, 0) is 30.7 Å². The Hall–Kier alpha value is -3.16. The molecule has 7 heteroatoms. The van der Waals surface area contributed by atoms with Crippen molar-refractivity contribution in [1.82, 2.24) is 5.32 Å². The fourth-order valence-corrected chi connectivity index (χ4v) is 2.68. The summed E-state index contributed by atoms with van der Waals surface area (Å²) in [5.74, 6) is -0.0850. The Morgan fingerprint density at radius 3 is 2.50 bits per heavy atom. The van der Waals surface area contributed by atoms with Gasteiger partial charge in [-0.3, -0.25) is 4.79 Å². The zero-order valence-corrected chi connectivity index (χ0v) is 18.1. The Balaban J connectivity index is 0. The topological polar surface area (TPSA) is 123 Å². The van der Waals surface area contributed by atoms with Gasteiger partial charge in [0.2, 0.25) is 0 Å². The highest BCUT2D eigenvalue weighted by atomic mass is 16.5. The van der Waals surface area contributed by atoms with Crippen LogP contribution in [0.5, 0.6) is 5.75 Å². The van der Waals surface area contributed by atoms with Crippen molar-refractivity contribution < 1.29 is 17.1 Å². The van der Waals surface area contributed by atoms with Crippen LogP contribution in [0.3, 0.4) is 0 Å². The predicted octanol–water partition coefficient (Wildman–Crippen LogP) is 3.93. The van der Waals surface area contributed by atoms with Gasteiger partial charge in [-0.25, -0.2) is 0 Å². The van der Waals surface area contributed by atoms with E-state index in [-0.39, 0.29) is 33.0 Å². The van der Waals surface area contributed by atoms with E-state index in [0.29, 0.717) is 23.4 Å². The summed E-state index contributed by atoms with van der Waals surface area (Å²) in [4.78, 5) is 12.7. The van der Waals surface area contributed by atoms with Crippen LogP contribution < -0.4 is 21.5 Å². The maximum Gasteiger partial charge on any atom is 0.255 e. The molecule has 0 aliphatic carbocycles. The third-order valence-electron chi connectivity index (χ3n) is 4.01. The molecule has 0 spiro atoms. The van der Waals surface area contributed by atoms with Crippen LogP contribution in [0.25, 0.3) is 6.08 Å². The number of carbonyl (C=O) groups is 1. The molecule has 0 unspecified atom stereocenters. The highest BCUT2D eigenvalue weighted by molar-refractivity contribution is 6.15. The first-order valence-corrected chi connectivity index (χ1v) is 9.85. The SMILES string of the molecule is CC.COc1c(C(=O)N[C@@H](C)COCN)ccc(N)c1C(=N)/C=C/c1ccccc1.[HH].[HH]. The smallest absolute Gasteiger partial charge is 0.255 e. The molecule has 1 atom stereocenters. The monoisotopic (exact) mass is 416 g/mol. The Bertz CT molecular complexity index is 862. The first-order chi connectivity index (χ1) is 14.5. The highest BCUT2D eigenvalue weighted by Gasteiger charge is 2.21. The van der Waals surface area contributed by atoms with Crippen molar-refractivity contribution in [2.45, 2.75) is 26.8 Å². The van der Waals surface area contributed by atoms with Crippen LogP contribution in [-0.2, 0) is 4.74 Å². The second-order valence-corrected chi connectivity index (χ2v) is 6.18. The molecule has 1 amide bonds. The van der Waals surface area contributed by atoms with Crippen molar-refractivity contribution in [1.29, 1.82) is 5.41 Å². The largest absolute Gasteiger partial charge is 0.495 e. The molecule has 2 rings (SSSR count). The molecular formula is C23H36N4O3. The molecule has 6 N–H and O–H groups in total. The summed E-state index contributed by atoms with van der Waals surface area (Å²) in [6, 6.07) is 12.6. The summed E-state index contributed by atoms with van der Waals surface area (Å²) in [5, 5.41) is 11.2. The van der Waals surface area contributed by atoms with Gasteiger partial charge in [0.05, 0.1) is 37.3 Å². The lowest BCUT2D eigenvalue weighted by atomic mass is 10.0. The molecule has 0 aliphatic heterocycles. The van der Waals surface area contributed by atoms with Gasteiger partial charge in [0.15, 0.2) is 0 Å². The van der Waals surface area contributed by atoms with Crippen LogP contribution in [-0.4, -0.2) is 38.1 Å². The van der Waals surface area contributed by atoms with Crippen LogP contribution in [0.2, 0.25) is 0 Å². The molecule has 0 aromatic heterocycles. The zero-order chi connectivity index (χ0) is 22.5. The first kappa shape index (κ1) is 24.9. The summed E-state index contributed by atoms with van der Waals surface area (Å²) in [5.41, 5.74) is 13.5. The molecule has 0 bridgehead atoms. The first-order valence-electron chi connectivity index (χ1n) is 9.85. The second-order valence-electron chi connectivity index (χ2n) is 6.18. The van der Waals surface area contributed by atoms with Crippen molar-refractivity contribution in [3.63, 3.8) is 0 Å². The number of nitrogens with one attached hydrogen (secondary N) is 2. The number of nitrogens with two attached hydrogens (primary N) is 2. The van der Waals surface area contributed by atoms with Gasteiger partial charge in [-0.2, -0.15) is 0 Å². The van der Waals surface area contributed by atoms with Gasteiger partial charge in [0.1, 0.15) is 5.75 Å². The van der Waals surface area contributed by atoms with Crippen molar-refractivity contribution in [2.24, 2.45) is 5.73 Å². The number of nitrogen functional groups attached to an aromatic ring is 1. The maximum atomic E-state index is 12.7. The average Bonchev–Trinajstić information content (AvgIpc) is 2.77. The van der Waals surface area contributed by atoms with Gasteiger partial charge in [0, 0.05) is 14.6 Å². The summed E-state index contributed by atoms with van der Waals surface area (Å²) in [7, 11) is 1.45. The van der Waals surface area contributed by atoms with Gasteiger partial charge in [-0.1, -0.05) is 50.3 Å². The second kappa shape index (κ2) is 13.1. The summed E-state index contributed by atoms with van der Waals surface area (Å²) < 4.78 is 10.6. The van der Waals surface area contributed by atoms with Crippen molar-refractivity contribution in [3.8, 4) is 5.75 Å². The molecule has 0 aliphatic rings. The van der Waals surface area contributed by atoms with Crippen LogP contribution in [0.4, 0.5) is 5.69 Å². The molecule has 0 saturated carbocycles. The molecule has 0 fully saturated rings. The van der Waals surface area contributed by atoms with Crippen LogP contribution in [0.15, 0.2) is 48.5 Å². The van der Waals surface area contributed by atoms with E-state index in [1.165, 1.54) is 7.11 Å². The minimum atomic E-state index is -0.342. The normalized spacial score (nSPS) is 11.4. The minimum absolute atomic E-state index is 0. The number of hydrogen-bond acceptors (Lipinski definition) is 6. The molecule has 166 valence electrons. The lowest BCUT2D eigenvalue weighted by molar-refractivity contribution is 0.0861. The van der Waals surface area contributed by atoms with E-state index in [4.69, 9.17) is 26.4 Å². The molecule has 2 aromatic carbocycles. The molecule has 30 heavy (non-hydrogen) atoms. The van der Waals surface area contributed by atoms with E-state index in [0.717, 1.165) is 5.56 Å². The number of rotatable bonds is 9. The fraction of sp³-hybridized carbons (Fsp3) is 0.304. The number of methoxy groups -OCH3 is 1. The molecule has 7 nitrogen and oxygen atoms in total. The Kier molecular flexibility index (Phi) is 10.9. The summed E-state index contributed by atoms with van der Waals surface area (Å²) in [6.45, 7) is 6.19.